The van der Waals surface area contributed by atoms with E-state index in [1.165, 1.54) is 12.1 Å². The molecule has 1 amide bonds. The van der Waals surface area contributed by atoms with Gasteiger partial charge in [0.05, 0.1) is 27.8 Å². The second-order valence-corrected chi connectivity index (χ2v) is 8.73. The fourth-order valence-electron chi connectivity index (χ4n) is 5.32. The van der Waals surface area contributed by atoms with Gasteiger partial charge in [0.15, 0.2) is 0 Å². The van der Waals surface area contributed by atoms with Crippen LogP contribution in [0.25, 0.3) is 11.0 Å². The normalized spacial score (nSPS) is 27.0. The maximum absolute atomic E-state index is 13.7. The number of para-hydroxylation sites is 2. The minimum Gasteiger partial charge on any atom is -0.325 e. The SMILES string of the molecule is CC1(C)[C@]2(C(=O)Nc3ccc(F)cc3)CC[C@]1(C)c1nc3ccccc3nc12. The van der Waals surface area contributed by atoms with E-state index in [-0.39, 0.29) is 22.6 Å². The number of carbonyl (C=O) groups is 1. The van der Waals surface area contributed by atoms with Crippen LogP contribution in [0.4, 0.5) is 10.1 Å². The van der Waals surface area contributed by atoms with Crippen molar-refractivity contribution in [3.8, 4) is 0 Å². The van der Waals surface area contributed by atoms with Crippen LogP contribution in [0.3, 0.4) is 0 Å². The molecule has 28 heavy (non-hydrogen) atoms. The van der Waals surface area contributed by atoms with Crippen molar-refractivity contribution in [3.05, 3.63) is 65.7 Å². The number of amides is 1. The second-order valence-electron chi connectivity index (χ2n) is 8.73. The maximum Gasteiger partial charge on any atom is 0.237 e. The van der Waals surface area contributed by atoms with Crippen molar-refractivity contribution >= 4 is 22.6 Å². The Balaban J connectivity index is 1.69. The van der Waals surface area contributed by atoms with Crippen LogP contribution in [-0.2, 0) is 15.6 Å². The molecule has 0 saturated heterocycles. The van der Waals surface area contributed by atoms with E-state index in [1.54, 1.807) is 12.1 Å². The molecule has 0 spiro atoms. The molecule has 1 fully saturated rings. The lowest BCUT2D eigenvalue weighted by molar-refractivity contribution is -0.125. The van der Waals surface area contributed by atoms with E-state index in [1.807, 2.05) is 24.3 Å². The standard InChI is InChI=1S/C23H22FN3O/c1-21(2)22(3)12-13-23(21,20(28)25-15-10-8-14(24)9-11-15)19-18(22)26-16-6-4-5-7-17(16)27-19/h4-11H,12-13H2,1-3H3,(H,25,28)/t22-,23-/m1/s1. The maximum atomic E-state index is 13.7. The van der Waals surface area contributed by atoms with Crippen LogP contribution in [0.5, 0.6) is 0 Å². The van der Waals surface area contributed by atoms with E-state index in [9.17, 15) is 9.18 Å². The van der Waals surface area contributed by atoms with Crippen molar-refractivity contribution < 1.29 is 9.18 Å². The number of carbonyl (C=O) groups excluding carboxylic acids is 1. The average Bonchev–Trinajstić information content (AvgIpc) is 2.98. The number of halogens is 1. The number of benzene rings is 2. The minimum absolute atomic E-state index is 0.0869. The summed E-state index contributed by atoms with van der Waals surface area (Å²) in [5.74, 6) is -0.412. The van der Waals surface area contributed by atoms with Crippen LogP contribution in [0.15, 0.2) is 48.5 Å². The van der Waals surface area contributed by atoms with Gasteiger partial charge in [-0.15, -0.1) is 0 Å². The zero-order chi connectivity index (χ0) is 19.7. The van der Waals surface area contributed by atoms with Crippen molar-refractivity contribution in [3.63, 3.8) is 0 Å². The predicted molar refractivity (Wildman–Crippen MR) is 107 cm³/mol. The number of nitrogens with zero attached hydrogens (tertiary/aromatic N) is 2. The molecular formula is C23H22FN3O. The Morgan fingerprint density at radius 3 is 2.18 bits per heavy atom. The lowest BCUT2D eigenvalue weighted by atomic mass is 9.63. The molecule has 5 rings (SSSR count). The van der Waals surface area contributed by atoms with Gasteiger partial charge >= 0.3 is 0 Å². The molecule has 0 aliphatic heterocycles. The molecule has 2 aliphatic rings. The van der Waals surface area contributed by atoms with Crippen molar-refractivity contribution in [2.45, 2.75) is 44.4 Å². The Labute approximate surface area is 163 Å². The van der Waals surface area contributed by atoms with Crippen LogP contribution in [-0.4, -0.2) is 15.9 Å². The molecule has 1 aromatic heterocycles. The number of aromatic nitrogens is 2. The number of anilines is 1. The summed E-state index contributed by atoms with van der Waals surface area (Å²) in [6, 6.07) is 13.7. The molecular weight excluding hydrogens is 353 g/mol. The highest BCUT2D eigenvalue weighted by molar-refractivity contribution is 6.02. The van der Waals surface area contributed by atoms with Gasteiger partial charge in [0.1, 0.15) is 5.82 Å². The van der Waals surface area contributed by atoms with Gasteiger partial charge in [0.2, 0.25) is 5.91 Å². The number of fused-ring (bicyclic) bond motifs is 6. The lowest BCUT2D eigenvalue weighted by Crippen LogP contribution is -2.48. The molecule has 0 radical (unpaired) electrons. The first kappa shape index (κ1) is 17.3. The highest BCUT2D eigenvalue weighted by atomic mass is 19.1. The zero-order valence-corrected chi connectivity index (χ0v) is 16.2. The molecule has 1 heterocycles. The van der Waals surface area contributed by atoms with Crippen molar-refractivity contribution in [2.24, 2.45) is 5.41 Å². The molecule has 4 nitrogen and oxygen atoms in total. The molecule has 1 saturated carbocycles. The molecule has 0 unspecified atom stereocenters. The Morgan fingerprint density at radius 2 is 1.54 bits per heavy atom. The van der Waals surface area contributed by atoms with E-state index in [4.69, 9.17) is 9.97 Å². The molecule has 3 aromatic rings. The molecule has 142 valence electrons. The van der Waals surface area contributed by atoms with Crippen LogP contribution in [0.2, 0.25) is 0 Å². The summed E-state index contributed by atoms with van der Waals surface area (Å²) in [4.78, 5) is 23.6. The summed E-state index contributed by atoms with van der Waals surface area (Å²) in [6.07, 6.45) is 1.61. The fraction of sp³-hybridized carbons (Fsp3) is 0.348. The third kappa shape index (κ3) is 1.91. The van der Waals surface area contributed by atoms with E-state index < -0.39 is 5.41 Å². The van der Waals surface area contributed by atoms with E-state index >= 15 is 0 Å². The first-order valence-electron chi connectivity index (χ1n) is 9.64. The molecule has 1 N–H and O–H groups in total. The fourth-order valence-corrected chi connectivity index (χ4v) is 5.32. The van der Waals surface area contributed by atoms with E-state index in [2.05, 4.69) is 26.1 Å². The average molecular weight is 375 g/mol. The zero-order valence-electron chi connectivity index (χ0n) is 16.2. The first-order chi connectivity index (χ1) is 13.3. The minimum atomic E-state index is -0.761. The van der Waals surface area contributed by atoms with Crippen LogP contribution < -0.4 is 5.32 Å². The summed E-state index contributed by atoms with van der Waals surface area (Å²) in [5.41, 5.74) is 2.67. The van der Waals surface area contributed by atoms with Gasteiger partial charge < -0.3 is 5.32 Å². The molecule has 2 aromatic carbocycles. The summed E-state index contributed by atoms with van der Waals surface area (Å²) >= 11 is 0. The number of hydrogen-bond acceptors (Lipinski definition) is 3. The van der Waals surface area contributed by atoms with Gasteiger partial charge in [-0.2, -0.15) is 0 Å². The van der Waals surface area contributed by atoms with Crippen molar-refractivity contribution in [1.82, 2.24) is 9.97 Å². The Bertz CT molecular complexity index is 1120. The van der Waals surface area contributed by atoms with Gasteiger partial charge in [-0.1, -0.05) is 32.9 Å². The monoisotopic (exact) mass is 375 g/mol. The van der Waals surface area contributed by atoms with E-state index in [0.29, 0.717) is 5.69 Å². The van der Waals surface area contributed by atoms with Gasteiger partial charge in [0, 0.05) is 11.1 Å². The molecule has 5 heteroatoms. The summed E-state index contributed by atoms with van der Waals surface area (Å²) in [6.45, 7) is 6.51. The quantitative estimate of drug-likeness (QED) is 0.704. The predicted octanol–water partition coefficient (Wildman–Crippen LogP) is 4.74. The molecule has 2 aliphatic carbocycles. The lowest BCUT2D eigenvalue weighted by Gasteiger charge is -2.39. The smallest absolute Gasteiger partial charge is 0.237 e. The molecule has 2 bridgehead atoms. The first-order valence-corrected chi connectivity index (χ1v) is 9.64. The second kappa shape index (κ2) is 5.37. The van der Waals surface area contributed by atoms with Crippen LogP contribution in [0, 0.1) is 11.2 Å². The number of hydrogen-bond donors (Lipinski definition) is 1. The molecule has 2 atom stereocenters. The summed E-state index contributed by atoms with van der Waals surface area (Å²) < 4.78 is 13.3. The Kier molecular flexibility index (Phi) is 3.32. The van der Waals surface area contributed by atoms with Crippen LogP contribution in [0.1, 0.15) is 45.0 Å². The van der Waals surface area contributed by atoms with Gasteiger partial charge in [-0.3, -0.25) is 4.79 Å². The topological polar surface area (TPSA) is 54.9 Å². The van der Waals surface area contributed by atoms with Crippen molar-refractivity contribution in [2.75, 3.05) is 5.32 Å². The van der Waals surface area contributed by atoms with Gasteiger partial charge in [-0.25, -0.2) is 14.4 Å². The van der Waals surface area contributed by atoms with E-state index in [0.717, 1.165) is 35.3 Å². The number of rotatable bonds is 2. The van der Waals surface area contributed by atoms with Gasteiger partial charge in [0.25, 0.3) is 0 Å². The van der Waals surface area contributed by atoms with Crippen LogP contribution >= 0.6 is 0 Å². The Morgan fingerprint density at radius 1 is 0.929 bits per heavy atom. The Hall–Kier alpha value is -2.82. The summed E-state index contributed by atoms with van der Waals surface area (Å²) in [5, 5.41) is 3.02. The number of nitrogens with one attached hydrogen (secondary N) is 1. The highest BCUT2D eigenvalue weighted by Gasteiger charge is 2.73. The van der Waals surface area contributed by atoms with Gasteiger partial charge in [-0.05, 0) is 54.7 Å². The third-order valence-electron chi connectivity index (χ3n) is 7.43. The largest absolute Gasteiger partial charge is 0.325 e. The third-order valence-corrected chi connectivity index (χ3v) is 7.43. The van der Waals surface area contributed by atoms with Crippen molar-refractivity contribution in [1.29, 1.82) is 0 Å². The highest BCUT2D eigenvalue weighted by Crippen LogP contribution is 2.70. The summed E-state index contributed by atoms with van der Waals surface area (Å²) in [7, 11) is 0.